The lowest BCUT2D eigenvalue weighted by Crippen LogP contribution is -2.43. The van der Waals surface area contributed by atoms with Crippen LogP contribution in [0.25, 0.3) is 0 Å². The van der Waals surface area contributed by atoms with Gasteiger partial charge < -0.3 is 10.1 Å². The molecule has 0 radical (unpaired) electrons. The fraction of sp³-hybridized carbons (Fsp3) is 1.00. The van der Waals surface area contributed by atoms with E-state index in [1.807, 2.05) is 0 Å². The van der Waals surface area contributed by atoms with Gasteiger partial charge in [0.15, 0.2) is 0 Å². The molecule has 5 atom stereocenters. The van der Waals surface area contributed by atoms with Crippen molar-refractivity contribution in [3.05, 3.63) is 0 Å². The van der Waals surface area contributed by atoms with Gasteiger partial charge in [-0.1, -0.05) is 6.92 Å². The van der Waals surface area contributed by atoms with Crippen LogP contribution in [0.15, 0.2) is 0 Å². The van der Waals surface area contributed by atoms with E-state index in [0.29, 0.717) is 18.2 Å². The standard InChI is InChI=1S/C12H23NO/c1-8-6-12(8)10(3)13-11-4-5-14-9(2)7-11/h8-13H,4-7H2,1-3H3. The Morgan fingerprint density at radius 1 is 1.29 bits per heavy atom. The molecule has 1 saturated heterocycles. The summed E-state index contributed by atoms with van der Waals surface area (Å²) in [7, 11) is 0. The van der Waals surface area contributed by atoms with Crippen molar-refractivity contribution in [2.24, 2.45) is 11.8 Å². The molecule has 5 unspecified atom stereocenters. The molecular weight excluding hydrogens is 174 g/mol. The first-order valence-electron chi connectivity index (χ1n) is 6.04. The quantitative estimate of drug-likeness (QED) is 0.749. The molecule has 1 saturated carbocycles. The van der Waals surface area contributed by atoms with E-state index in [2.05, 4.69) is 26.1 Å². The van der Waals surface area contributed by atoms with Crippen LogP contribution < -0.4 is 5.32 Å². The number of nitrogens with one attached hydrogen (secondary N) is 1. The highest BCUT2D eigenvalue weighted by atomic mass is 16.5. The van der Waals surface area contributed by atoms with E-state index < -0.39 is 0 Å². The first kappa shape index (κ1) is 10.4. The molecule has 0 aromatic heterocycles. The lowest BCUT2D eigenvalue weighted by Gasteiger charge is -2.30. The summed E-state index contributed by atoms with van der Waals surface area (Å²) in [5, 5.41) is 3.76. The van der Waals surface area contributed by atoms with Gasteiger partial charge in [0.25, 0.3) is 0 Å². The second kappa shape index (κ2) is 4.19. The minimum absolute atomic E-state index is 0.449. The molecule has 1 aliphatic carbocycles. The van der Waals surface area contributed by atoms with Crippen LogP contribution in [0.5, 0.6) is 0 Å². The summed E-state index contributed by atoms with van der Waals surface area (Å²) in [5.41, 5.74) is 0. The zero-order chi connectivity index (χ0) is 10.1. The largest absolute Gasteiger partial charge is 0.378 e. The van der Waals surface area contributed by atoms with Crippen molar-refractivity contribution in [2.45, 2.75) is 58.2 Å². The zero-order valence-corrected chi connectivity index (χ0v) is 9.62. The predicted octanol–water partition coefficient (Wildman–Crippen LogP) is 2.19. The smallest absolute Gasteiger partial charge is 0.0561 e. The third-order valence-corrected chi connectivity index (χ3v) is 3.80. The SMILES string of the molecule is CC1CC(NC(C)C2CC2C)CCO1. The molecule has 0 amide bonds. The minimum atomic E-state index is 0.449. The van der Waals surface area contributed by atoms with E-state index in [1.165, 1.54) is 19.3 Å². The summed E-state index contributed by atoms with van der Waals surface area (Å²) in [6, 6.07) is 1.40. The van der Waals surface area contributed by atoms with Gasteiger partial charge >= 0.3 is 0 Å². The Bertz CT molecular complexity index is 195. The van der Waals surface area contributed by atoms with Crippen molar-refractivity contribution in [2.75, 3.05) is 6.61 Å². The summed E-state index contributed by atoms with van der Waals surface area (Å²) in [6.07, 6.45) is 4.25. The van der Waals surface area contributed by atoms with E-state index >= 15 is 0 Å². The van der Waals surface area contributed by atoms with Crippen LogP contribution in [0.4, 0.5) is 0 Å². The molecule has 82 valence electrons. The molecular formula is C12H23NO. The zero-order valence-electron chi connectivity index (χ0n) is 9.62. The number of rotatable bonds is 3. The van der Waals surface area contributed by atoms with Gasteiger partial charge in [0.1, 0.15) is 0 Å². The molecule has 2 rings (SSSR count). The van der Waals surface area contributed by atoms with Crippen LogP contribution in [0.2, 0.25) is 0 Å². The highest BCUT2D eigenvalue weighted by Crippen LogP contribution is 2.40. The number of ether oxygens (including phenoxy) is 1. The van der Waals surface area contributed by atoms with Gasteiger partial charge in [-0.2, -0.15) is 0 Å². The van der Waals surface area contributed by atoms with Gasteiger partial charge in [-0.3, -0.25) is 0 Å². The van der Waals surface area contributed by atoms with Crippen molar-refractivity contribution in [3.8, 4) is 0 Å². The van der Waals surface area contributed by atoms with E-state index in [9.17, 15) is 0 Å². The van der Waals surface area contributed by atoms with Crippen molar-refractivity contribution >= 4 is 0 Å². The monoisotopic (exact) mass is 197 g/mol. The Hall–Kier alpha value is -0.0800. The van der Waals surface area contributed by atoms with Gasteiger partial charge in [0.05, 0.1) is 6.10 Å². The molecule has 2 heteroatoms. The fourth-order valence-corrected chi connectivity index (χ4v) is 2.69. The molecule has 0 spiro atoms. The maximum Gasteiger partial charge on any atom is 0.0561 e. The Morgan fingerprint density at radius 2 is 2.00 bits per heavy atom. The van der Waals surface area contributed by atoms with Crippen LogP contribution >= 0.6 is 0 Å². The van der Waals surface area contributed by atoms with E-state index in [0.717, 1.165) is 18.4 Å². The van der Waals surface area contributed by atoms with Crippen LogP contribution in [0.3, 0.4) is 0 Å². The second-order valence-corrected chi connectivity index (χ2v) is 5.23. The highest BCUT2D eigenvalue weighted by Gasteiger charge is 2.38. The molecule has 14 heavy (non-hydrogen) atoms. The Kier molecular flexibility index (Phi) is 3.13. The lowest BCUT2D eigenvalue weighted by molar-refractivity contribution is 0.0111. The highest BCUT2D eigenvalue weighted by molar-refractivity contribution is 4.92. The van der Waals surface area contributed by atoms with Gasteiger partial charge in [-0.25, -0.2) is 0 Å². The molecule has 1 heterocycles. The Balaban J connectivity index is 1.73. The number of hydrogen-bond acceptors (Lipinski definition) is 2. The first-order valence-corrected chi connectivity index (χ1v) is 6.04. The second-order valence-electron chi connectivity index (χ2n) is 5.23. The van der Waals surface area contributed by atoms with E-state index in [-0.39, 0.29) is 0 Å². The number of hydrogen-bond donors (Lipinski definition) is 1. The molecule has 2 nitrogen and oxygen atoms in total. The Labute approximate surface area is 87.4 Å². The lowest BCUT2D eigenvalue weighted by atomic mass is 10.0. The third kappa shape index (κ3) is 2.48. The molecule has 2 fully saturated rings. The van der Waals surface area contributed by atoms with E-state index in [1.54, 1.807) is 0 Å². The van der Waals surface area contributed by atoms with Gasteiger partial charge in [0, 0.05) is 18.7 Å². The van der Waals surface area contributed by atoms with Crippen LogP contribution in [0.1, 0.15) is 40.0 Å². The topological polar surface area (TPSA) is 21.3 Å². The summed E-state index contributed by atoms with van der Waals surface area (Å²) < 4.78 is 5.55. The van der Waals surface area contributed by atoms with Gasteiger partial charge in [0.2, 0.25) is 0 Å². The average molecular weight is 197 g/mol. The predicted molar refractivity (Wildman–Crippen MR) is 58.3 cm³/mol. The normalized spacial score (nSPS) is 44.8. The Morgan fingerprint density at radius 3 is 2.57 bits per heavy atom. The van der Waals surface area contributed by atoms with Crippen LogP contribution in [-0.2, 0) is 4.74 Å². The molecule has 0 aromatic carbocycles. The van der Waals surface area contributed by atoms with Crippen molar-refractivity contribution in [1.29, 1.82) is 0 Å². The molecule has 1 aliphatic heterocycles. The van der Waals surface area contributed by atoms with Gasteiger partial charge in [-0.05, 0) is 44.9 Å². The summed E-state index contributed by atoms with van der Waals surface area (Å²) in [4.78, 5) is 0. The molecule has 1 N–H and O–H groups in total. The maximum absolute atomic E-state index is 5.55. The average Bonchev–Trinajstić information content (AvgIpc) is 2.82. The molecule has 2 aliphatic rings. The molecule has 0 bridgehead atoms. The maximum atomic E-state index is 5.55. The van der Waals surface area contributed by atoms with Crippen molar-refractivity contribution in [1.82, 2.24) is 5.32 Å². The van der Waals surface area contributed by atoms with Crippen LogP contribution in [0, 0.1) is 11.8 Å². The van der Waals surface area contributed by atoms with Gasteiger partial charge in [-0.15, -0.1) is 0 Å². The van der Waals surface area contributed by atoms with E-state index in [4.69, 9.17) is 4.74 Å². The molecule has 0 aromatic rings. The first-order chi connectivity index (χ1) is 6.66. The van der Waals surface area contributed by atoms with Crippen LogP contribution in [-0.4, -0.2) is 24.8 Å². The summed E-state index contributed by atoms with van der Waals surface area (Å²) in [6.45, 7) is 7.81. The third-order valence-electron chi connectivity index (χ3n) is 3.80. The fourth-order valence-electron chi connectivity index (χ4n) is 2.69. The van der Waals surface area contributed by atoms with Crippen molar-refractivity contribution < 1.29 is 4.74 Å². The minimum Gasteiger partial charge on any atom is -0.378 e. The summed E-state index contributed by atoms with van der Waals surface area (Å²) in [5.74, 6) is 1.89. The van der Waals surface area contributed by atoms with Crippen molar-refractivity contribution in [3.63, 3.8) is 0 Å². The summed E-state index contributed by atoms with van der Waals surface area (Å²) >= 11 is 0.